The number of hydrogen-bond donors (Lipinski definition) is 3. The van der Waals surface area contributed by atoms with E-state index < -0.39 is 6.04 Å². The van der Waals surface area contributed by atoms with Gasteiger partial charge in [-0.05, 0) is 12.0 Å². The summed E-state index contributed by atoms with van der Waals surface area (Å²) in [6.07, 6.45) is 1.24. The van der Waals surface area contributed by atoms with Crippen LogP contribution in [0.4, 0.5) is 0 Å². The number of nitrogens with two attached hydrogens (primary N) is 2. The zero-order chi connectivity index (χ0) is 10.6. The molecule has 0 aromatic heterocycles. The van der Waals surface area contributed by atoms with E-state index in [0.717, 1.165) is 11.8 Å². The largest absolute Gasteiger partial charge is 0.384 e. The molecule has 5 N–H and O–H groups in total. The highest BCUT2D eigenvalue weighted by Crippen LogP contribution is 2.05. The van der Waals surface area contributed by atoms with E-state index in [1.165, 1.54) is 0 Å². The third-order valence-corrected chi connectivity index (χ3v) is 1.91. The van der Waals surface area contributed by atoms with Crippen molar-refractivity contribution in [2.45, 2.75) is 12.5 Å². The van der Waals surface area contributed by atoms with E-state index in [1.807, 2.05) is 12.1 Å². The molecule has 0 amide bonds. The number of nitrogens with one attached hydrogen (secondary N) is 1. The predicted molar refractivity (Wildman–Crippen MR) is 55.2 cm³/mol. The molecule has 0 unspecified atom stereocenters. The lowest BCUT2D eigenvalue weighted by Crippen LogP contribution is -2.24. The summed E-state index contributed by atoms with van der Waals surface area (Å²) in [4.78, 5) is 10.3. The van der Waals surface area contributed by atoms with Crippen molar-refractivity contribution in [2.75, 3.05) is 0 Å². The van der Waals surface area contributed by atoms with E-state index in [-0.39, 0.29) is 5.84 Å². The van der Waals surface area contributed by atoms with Crippen LogP contribution in [0.3, 0.4) is 0 Å². The number of nitrogen functional groups attached to an aromatic ring is 1. The quantitative estimate of drug-likeness (QED) is 0.356. The Morgan fingerprint density at radius 2 is 2.00 bits per heavy atom. The summed E-state index contributed by atoms with van der Waals surface area (Å²) >= 11 is 0. The second-order valence-electron chi connectivity index (χ2n) is 3.11. The van der Waals surface area contributed by atoms with Gasteiger partial charge in [0, 0.05) is 5.56 Å². The van der Waals surface area contributed by atoms with Crippen LogP contribution in [0.2, 0.25) is 0 Å². The Hall–Kier alpha value is -1.68. The first-order valence-electron chi connectivity index (χ1n) is 4.27. The molecule has 1 aromatic rings. The molecule has 74 valence electrons. The van der Waals surface area contributed by atoms with Crippen LogP contribution in [0.25, 0.3) is 0 Å². The second-order valence-corrected chi connectivity index (χ2v) is 3.11. The summed E-state index contributed by atoms with van der Waals surface area (Å²) in [5.74, 6) is 0.0382. The van der Waals surface area contributed by atoms with Crippen LogP contribution in [0.1, 0.15) is 11.1 Å². The molecule has 4 heteroatoms. The van der Waals surface area contributed by atoms with E-state index in [2.05, 4.69) is 0 Å². The fraction of sp³-hybridized carbons (Fsp3) is 0.200. The Bertz CT molecular complexity index is 332. The van der Waals surface area contributed by atoms with Crippen molar-refractivity contribution >= 4 is 12.1 Å². The highest BCUT2D eigenvalue weighted by atomic mass is 16.1. The van der Waals surface area contributed by atoms with E-state index in [9.17, 15) is 4.79 Å². The van der Waals surface area contributed by atoms with E-state index >= 15 is 0 Å². The van der Waals surface area contributed by atoms with Gasteiger partial charge in [0.05, 0.1) is 6.04 Å². The van der Waals surface area contributed by atoms with Crippen LogP contribution in [0, 0.1) is 5.41 Å². The first-order chi connectivity index (χ1) is 6.63. The van der Waals surface area contributed by atoms with E-state index in [4.69, 9.17) is 16.9 Å². The number of benzene rings is 1. The van der Waals surface area contributed by atoms with Crippen molar-refractivity contribution in [2.24, 2.45) is 11.5 Å². The van der Waals surface area contributed by atoms with Crippen molar-refractivity contribution in [3.8, 4) is 0 Å². The molecule has 0 aliphatic carbocycles. The highest BCUT2D eigenvalue weighted by molar-refractivity contribution is 5.94. The van der Waals surface area contributed by atoms with Gasteiger partial charge in [-0.2, -0.15) is 0 Å². The van der Waals surface area contributed by atoms with Gasteiger partial charge >= 0.3 is 0 Å². The number of amidine groups is 1. The Balaban J connectivity index is 2.73. The number of rotatable bonds is 4. The van der Waals surface area contributed by atoms with Gasteiger partial charge in [-0.15, -0.1) is 0 Å². The summed E-state index contributed by atoms with van der Waals surface area (Å²) in [6, 6.07) is 6.67. The maximum absolute atomic E-state index is 10.3. The monoisotopic (exact) mass is 191 g/mol. The first kappa shape index (κ1) is 10.4. The van der Waals surface area contributed by atoms with Crippen LogP contribution in [0.15, 0.2) is 24.3 Å². The summed E-state index contributed by atoms with van der Waals surface area (Å²) in [7, 11) is 0. The number of aldehydes is 1. The topological polar surface area (TPSA) is 93.0 Å². The molecule has 0 spiro atoms. The number of hydrogen-bond acceptors (Lipinski definition) is 3. The number of carbonyl (C=O) groups excluding carboxylic acids is 1. The Kier molecular flexibility index (Phi) is 3.36. The van der Waals surface area contributed by atoms with Crippen LogP contribution >= 0.6 is 0 Å². The van der Waals surface area contributed by atoms with Gasteiger partial charge in [-0.1, -0.05) is 24.3 Å². The summed E-state index contributed by atoms with van der Waals surface area (Å²) in [5.41, 5.74) is 12.4. The highest BCUT2D eigenvalue weighted by Gasteiger charge is 2.02. The van der Waals surface area contributed by atoms with Gasteiger partial charge in [0.25, 0.3) is 0 Å². The molecule has 1 atom stereocenters. The lowest BCUT2D eigenvalue weighted by Gasteiger charge is -2.04. The molecule has 0 fully saturated rings. The molecule has 0 saturated carbocycles. The maximum Gasteiger partial charge on any atom is 0.137 e. The molecule has 0 saturated heterocycles. The third kappa shape index (κ3) is 2.67. The Labute approximate surface area is 82.4 Å². The molecule has 1 rings (SSSR count). The fourth-order valence-electron chi connectivity index (χ4n) is 1.14. The summed E-state index contributed by atoms with van der Waals surface area (Å²) < 4.78 is 0. The van der Waals surface area contributed by atoms with Gasteiger partial charge in [-0.25, -0.2) is 0 Å². The zero-order valence-electron chi connectivity index (χ0n) is 7.73. The predicted octanol–water partition coefficient (Wildman–Crippen LogP) is 0.0394. The lowest BCUT2D eigenvalue weighted by atomic mass is 10.1. The van der Waals surface area contributed by atoms with E-state index in [0.29, 0.717) is 12.0 Å². The molecule has 0 aliphatic heterocycles. The molecule has 14 heavy (non-hydrogen) atoms. The van der Waals surface area contributed by atoms with Crippen LogP contribution in [-0.4, -0.2) is 18.2 Å². The maximum atomic E-state index is 10.3. The molecular formula is C10H13N3O. The van der Waals surface area contributed by atoms with Gasteiger partial charge < -0.3 is 16.3 Å². The minimum atomic E-state index is -0.460. The van der Waals surface area contributed by atoms with Crippen molar-refractivity contribution in [1.82, 2.24) is 0 Å². The van der Waals surface area contributed by atoms with Crippen molar-refractivity contribution in [3.63, 3.8) is 0 Å². The Morgan fingerprint density at radius 3 is 2.43 bits per heavy atom. The zero-order valence-corrected chi connectivity index (χ0v) is 7.73. The Morgan fingerprint density at radius 1 is 1.43 bits per heavy atom. The molecule has 1 aromatic carbocycles. The van der Waals surface area contributed by atoms with Gasteiger partial charge in [0.2, 0.25) is 0 Å². The van der Waals surface area contributed by atoms with Crippen LogP contribution < -0.4 is 11.5 Å². The molecule has 0 radical (unpaired) electrons. The van der Waals surface area contributed by atoms with Crippen molar-refractivity contribution in [1.29, 1.82) is 5.41 Å². The van der Waals surface area contributed by atoms with Crippen molar-refractivity contribution in [3.05, 3.63) is 35.4 Å². The molecule has 0 aliphatic rings. The average Bonchev–Trinajstić information content (AvgIpc) is 2.18. The second kappa shape index (κ2) is 4.53. The van der Waals surface area contributed by atoms with Crippen LogP contribution in [0.5, 0.6) is 0 Å². The van der Waals surface area contributed by atoms with Gasteiger partial charge in [0.1, 0.15) is 12.1 Å². The minimum absolute atomic E-state index is 0.0382. The average molecular weight is 191 g/mol. The molecule has 4 nitrogen and oxygen atoms in total. The smallest absolute Gasteiger partial charge is 0.137 e. The molecule has 0 bridgehead atoms. The van der Waals surface area contributed by atoms with Gasteiger partial charge in [-0.3, -0.25) is 5.41 Å². The number of carbonyl (C=O) groups is 1. The summed E-state index contributed by atoms with van der Waals surface area (Å²) in [5, 5.41) is 7.18. The van der Waals surface area contributed by atoms with Crippen molar-refractivity contribution < 1.29 is 4.79 Å². The minimum Gasteiger partial charge on any atom is -0.384 e. The SMILES string of the molecule is N=C(N)c1ccc(C[C@H](N)C=O)cc1. The summed E-state index contributed by atoms with van der Waals surface area (Å²) in [6.45, 7) is 0. The molecule has 0 heterocycles. The molecular weight excluding hydrogens is 178 g/mol. The van der Waals surface area contributed by atoms with Crippen LogP contribution in [-0.2, 0) is 11.2 Å². The fourth-order valence-corrected chi connectivity index (χ4v) is 1.14. The standard InChI is InChI=1S/C10H13N3O/c11-9(6-14)5-7-1-3-8(4-2-7)10(12)13/h1-4,6,9H,5,11H2,(H3,12,13)/t9-/m0/s1. The first-order valence-corrected chi connectivity index (χ1v) is 4.27. The lowest BCUT2D eigenvalue weighted by molar-refractivity contribution is -0.108. The van der Waals surface area contributed by atoms with E-state index in [1.54, 1.807) is 12.1 Å². The third-order valence-electron chi connectivity index (χ3n) is 1.91. The normalized spacial score (nSPS) is 12.1. The van der Waals surface area contributed by atoms with Gasteiger partial charge in [0.15, 0.2) is 0 Å².